The highest BCUT2D eigenvalue weighted by atomic mass is 16.5. The van der Waals surface area contributed by atoms with Gasteiger partial charge in [-0.3, -0.25) is 0 Å². The molecule has 3 rings (SSSR count). The summed E-state index contributed by atoms with van der Waals surface area (Å²) in [6.45, 7) is 0.662. The molecule has 0 aliphatic rings. The number of aromatic nitrogens is 2. The zero-order chi connectivity index (χ0) is 18.7. The first-order valence-electron chi connectivity index (χ1n) is 8.11. The molecule has 26 heavy (non-hydrogen) atoms. The summed E-state index contributed by atoms with van der Waals surface area (Å²) in [5.41, 5.74) is 3.19. The van der Waals surface area contributed by atoms with Gasteiger partial charge in [0.25, 0.3) is 5.89 Å². The minimum Gasteiger partial charge on any atom is -0.496 e. The van der Waals surface area contributed by atoms with E-state index in [9.17, 15) is 15.2 Å². The summed E-state index contributed by atoms with van der Waals surface area (Å²) in [6, 6.07) is 10.6. The van der Waals surface area contributed by atoms with E-state index in [1.165, 1.54) is 7.11 Å². The van der Waals surface area contributed by atoms with Crippen molar-refractivity contribution in [3.8, 4) is 28.6 Å². The molecule has 0 spiro atoms. The largest absolute Gasteiger partial charge is 0.496 e. The van der Waals surface area contributed by atoms with E-state index in [1.54, 1.807) is 31.1 Å². The molecule has 7 nitrogen and oxygen atoms in total. The number of ether oxygens (including phenoxy) is 1. The van der Waals surface area contributed by atoms with Crippen LogP contribution in [-0.2, 0) is 13.2 Å². The highest BCUT2D eigenvalue weighted by Gasteiger charge is 2.16. The Morgan fingerprint density at radius 3 is 2.38 bits per heavy atom. The second-order valence-electron chi connectivity index (χ2n) is 5.85. The van der Waals surface area contributed by atoms with Crippen LogP contribution in [0.25, 0.3) is 22.8 Å². The first-order chi connectivity index (χ1) is 12.6. The quantitative estimate of drug-likeness (QED) is 0.571. The third-order valence-electron chi connectivity index (χ3n) is 4.17. The minimum absolute atomic E-state index is 0.246. The fourth-order valence-corrected chi connectivity index (χ4v) is 2.70. The molecule has 1 aromatic heterocycles. The Morgan fingerprint density at radius 2 is 1.81 bits per heavy atom. The van der Waals surface area contributed by atoms with E-state index in [1.807, 2.05) is 12.1 Å². The molecule has 0 aliphatic carbocycles. The van der Waals surface area contributed by atoms with Crippen molar-refractivity contribution in [2.75, 3.05) is 7.11 Å². The van der Waals surface area contributed by atoms with Crippen LogP contribution in [-0.4, -0.2) is 39.4 Å². The smallest absolute Gasteiger partial charge is 0.320 e. The molecule has 0 fully saturated rings. The fraction of sp³-hybridized carbons (Fsp3) is 0.222. The molecule has 0 saturated heterocycles. The Bertz CT molecular complexity index is 868. The standard InChI is InChI=1S/C18H19BN2O5/c1-19(24)14-5-3-11(4-6-14)17-20-18(26-21-17)12-7-13(9-22)15(10-23)16(8-12)25-2/h3-8,22-24H,9-10H2,1-2H3. The second kappa shape index (κ2) is 7.69. The number of hydrogen-bond donors (Lipinski definition) is 3. The molecule has 0 unspecified atom stereocenters. The summed E-state index contributed by atoms with van der Waals surface area (Å²) < 4.78 is 10.6. The first-order valence-corrected chi connectivity index (χ1v) is 8.11. The van der Waals surface area contributed by atoms with Crippen LogP contribution in [0.3, 0.4) is 0 Å². The first kappa shape index (κ1) is 18.1. The fourth-order valence-electron chi connectivity index (χ4n) is 2.70. The molecule has 0 atom stereocenters. The molecule has 0 aliphatic heterocycles. The second-order valence-corrected chi connectivity index (χ2v) is 5.85. The average molecular weight is 354 g/mol. The van der Waals surface area contributed by atoms with Gasteiger partial charge in [-0.2, -0.15) is 4.98 Å². The van der Waals surface area contributed by atoms with Gasteiger partial charge in [0.1, 0.15) is 5.75 Å². The minimum atomic E-state index is -0.542. The lowest BCUT2D eigenvalue weighted by Gasteiger charge is -2.11. The third-order valence-corrected chi connectivity index (χ3v) is 4.17. The highest BCUT2D eigenvalue weighted by Crippen LogP contribution is 2.31. The van der Waals surface area contributed by atoms with Crippen molar-refractivity contribution >= 4 is 12.4 Å². The average Bonchev–Trinajstić information content (AvgIpc) is 3.17. The lowest BCUT2D eigenvalue weighted by molar-refractivity contribution is 0.254. The Morgan fingerprint density at radius 1 is 1.08 bits per heavy atom. The van der Waals surface area contributed by atoms with Crippen LogP contribution in [0.5, 0.6) is 5.75 Å². The van der Waals surface area contributed by atoms with Crippen LogP contribution >= 0.6 is 0 Å². The predicted molar refractivity (Wildman–Crippen MR) is 97.0 cm³/mol. The summed E-state index contributed by atoms with van der Waals surface area (Å²) in [5, 5.41) is 32.6. The van der Waals surface area contributed by atoms with Crippen LogP contribution in [0.15, 0.2) is 40.9 Å². The number of nitrogens with zero attached hydrogens (tertiary/aromatic N) is 2. The molecule has 3 N–H and O–H groups in total. The van der Waals surface area contributed by atoms with Crippen LogP contribution in [0.1, 0.15) is 11.1 Å². The van der Waals surface area contributed by atoms with Gasteiger partial charge in [-0.1, -0.05) is 36.2 Å². The van der Waals surface area contributed by atoms with Crippen LogP contribution in [0, 0.1) is 0 Å². The van der Waals surface area contributed by atoms with E-state index < -0.39 is 6.92 Å². The topological polar surface area (TPSA) is 109 Å². The Labute approximate surface area is 151 Å². The summed E-state index contributed by atoms with van der Waals surface area (Å²) >= 11 is 0. The zero-order valence-electron chi connectivity index (χ0n) is 14.5. The number of methoxy groups -OCH3 is 1. The Balaban J connectivity index is 1.97. The van der Waals surface area contributed by atoms with Gasteiger partial charge in [-0.15, -0.1) is 0 Å². The van der Waals surface area contributed by atoms with E-state index in [2.05, 4.69) is 10.1 Å². The molecule has 3 aromatic rings. The number of rotatable bonds is 6. The van der Waals surface area contributed by atoms with Gasteiger partial charge >= 0.3 is 6.92 Å². The van der Waals surface area contributed by atoms with Crippen molar-refractivity contribution in [2.45, 2.75) is 20.0 Å². The molecular formula is C18H19BN2O5. The van der Waals surface area contributed by atoms with Crippen molar-refractivity contribution in [3.63, 3.8) is 0 Å². The van der Waals surface area contributed by atoms with E-state index in [4.69, 9.17) is 9.26 Å². The maximum absolute atomic E-state index is 9.58. The van der Waals surface area contributed by atoms with Crippen molar-refractivity contribution in [1.82, 2.24) is 10.1 Å². The van der Waals surface area contributed by atoms with Crippen LogP contribution in [0.2, 0.25) is 6.82 Å². The molecule has 1 heterocycles. The van der Waals surface area contributed by atoms with Gasteiger partial charge in [0, 0.05) is 16.7 Å². The summed E-state index contributed by atoms with van der Waals surface area (Å²) in [7, 11) is 1.49. The van der Waals surface area contributed by atoms with Gasteiger partial charge in [-0.25, -0.2) is 0 Å². The SMILES string of the molecule is COc1cc(-c2nc(-c3ccc(B(C)O)cc3)no2)cc(CO)c1CO. The van der Waals surface area contributed by atoms with E-state index in [-0.39, 0.29) is 19.1 Å². The van der Waals surface area contributed by atoms with Crippen molar-refractivity contribution in [3.05, 3.63) is 47.5 Å². The lowest BCUT2D eigenvalue weighted by Crippen LogP contribution is -2.25. The number of aliphatic hydroxyl groups is 2. The van der Waals surface area contributed by atoms with Gasteiger partial charge < -0.3 is 24.5 Å². The van der Waals surface area contributed by atoms with Crippen LogP contribution < -0.4 is 10.2 Å². The third kappa shape index (κ3) is 3.48. The zero-order valence-corrected chi connectivity index (χ0v) is 14.5. The van der Waals surface area contributed by atoms with Gasteiger partial charge in [0.15, 0.2) is 0 Å². The summed E-state index contributed by atoms with van der Waals surface area (Å²) in [5.74, 6) is 1.13. The highest BCUT2D eigenvalue weighted by molar-refractivity contribution is 6.64. The molecule has 0 bridgehead atoms. The summed E-state index contributed by atoms with van der Waals surface area (Å²) in [6.07, 6.45) is 0. The van der Waals surface area contributed by atoms with E-state index in [0.717, 1.165) is 11.0 Å². The monoisotopic (exact) mass is 354 g/mol. The van der Waals surface area contributed by atoms with Crippen molar-refractivity contribution in [1.29, 1.82) is 0 Å². The number of aliphatic hydroxyl groups excluding tert-OH is 2. The number of benzene rings is 2. The molecule has 134 valence electrons. The predicted octanol–water partition coefficient (Wildman–Crippen LogP) is 1.22. The molecule has 8 heteroatoms. The molecule has 0 amide bonds. The number of hydrogen-bond acceptors (Lipinski definition) is 7. The Hall–Kier alpha value is -2.68. The Kier molecular flexibility index (Phi) is 5.36. The van der Waals surface area contributed by atoms with E-state index in [0.29, 0.717) is 28.3 Å². The molecular weight excluding hydrogens is 335 g/mol. The van der Waals surface area contributed by atoms with Crippen LogP contribution in [0.4, 0.5) is 0 Å². The van der Waals surface area contributed by atoms with Crippen molar-refractivity contribution < 1.29 is 24.5 Å². The lowest BCUT2D eigenvalue weighted by atomic mass is 9.64. The maximum atomic E-state index is 9.58. The van der Waals surface area contributed by atoms with E-state index >= 15 is 0 Å². The molecule has 2 aromatic carbocycles. The summed E-state index contributed by atoms with van der Waals surface area (Å²) in [4.78, 5) is 4.39. The molecule has 0 saturated carbocycles. The van der Waals surface area contributed by atoms with Gasteiger partial charge in [0.2, 0.25) is 5.82 Å². The maximum Gasteiger partial charge on any atom is 0.320 e. The van der Waals surface area contributed by atoms with Gasteiger partial charge in [-0.05, 0) is 23.2 Å². The van der Waals surface area contributed by atoms with Gasteiger partial charge in [0.05, 0.1) is 20.3 Å². The molecule has 0 radical (unpaired) electrons. The van der Waals surface area contributed by atoms with Crippen molar-refractivity contribution in [2.24, 2.45) is 0 Å². The normalized spacial score (nSPS) is 10.8.